The second-order valence-corrected chi connectivity index (χ2v) is 12.2. The number of hydrogen-bond acceptors (Lipinski definition) is 4. The summed E-state index contributed by atoms with van der Waals surface area (Å²) < 4.78 is 30.2. The molecule has 0 radical (unpaired) electrons. The molecule has 0 saturated heterocycles. The molecule has 0 aliphatic heterocycles. The zero-order valence-corrected chi connectivity index (χ0v) is 21.2. The summed E-state index contributed by atoms with van der Waals surface area (Å²) in [5.41, 5.74) is 3.32. The second-order valence-electron chi connectivity index (χ2n) is 10.2. The first-order chi connectivity index (χ1) is 15.6. The molecular formula is C26H36N4O2S. The van der Waals surface area contributed by atoms with Crippen molar-refractivity contribution in [1.29, 1.82) is 0 Å². The Hall–Kier alpha value is -2.54. The normalized spacial score (nSPS) is 15.7. The highest BCUT2D eigenvalue weighted by atomic mass is 32.2. The van der Waals surface area contributed by atoms with E-state index in [1.807, 2.05) is 25.2 Å². The van der Waals surface area contributed by atoms with Gasteiger partial charge in [-0.05, 0) is 61.2 Å². The molecule has 2 aromatic carbocycles. The van der Waals surface area contributed by atoms with E-state index in [1.165, 1.54) is 36.4 Å². The van der Waals surface area contributed by atoms with E-state index in [2.05, 4.69) is 30.7 Å². The molecule has 6 nitrogen and oxygen atoms in total. The molecule has 1 aliphatic rings. The molecule has 1 aliphatic carbocycles. The molecule has 33 heavy (non-hydrogen) atoms. The molecule has 3 aromatic rings. The van der Waals surface area contributed by atoms with E-state index in [1.54, 1.807) is 31.3 Å². The van der Waals surface area contributed by atoms with Crippen LogP contribution < -0.4 is 9.62 Å². The lowest BCUT2D eigenvalue weighted by Crippen LogP contribution is -2.26. The van der Waals surface area contributed by atoms with Crippen LogP contribution in [-0.2, 0) is 22.0 Å². The lowest BCUT2D eigenvalue weighted by atomic mass is 9.88. The van der Waals surface area contributed by atoms with E-state index in [9.17, 15) is 8.42 Å². The fraction of sp³-hybridized carbons (Fsp3) is 0.500. The topological polar surface area (TPSA) is 67.2 Å². The van der Waals surface area contributed by atoms with Crippen molar-refractivity contribution in [1.82, 2.24) is 9.55 Å². The molecule has 1 heterocycles. The van der Waals surface area contributed by atoms with Crippen LogP contribution in [0.15, 0.2) is 47.4 Å². The van der Waals surface area contributed by atoms with Gasteiger partial charge in [0.2, 0.25) is 0 Å². The van der Waals surface area contributed by atoms with Crippen LogP contribution in [0.5, 0.6) is 0 Å². The van der Waals surface area contributed by atoms with Gasteiger partial charge < -0.3 is 9.88 Å². The Kier molecular flexibility index (Phi) is 6.45. The van der Waals surface area contributed by atoms with Gasteiger partial charge in [-0.25, -0.2) is 13.4 Å². The maximum atomic E-state index is 13.2. The molecule has 1 saturated carbocycles. The number of benzene rings is 2. The summed E-state index contributed by atoms with van der Waals surface area (Å²) in [6.45, 7) is 7.56. The van der Waals surface area contributed by atoms with Crippen molar-refractivity contribution in [2.24, 2.45) is 5.92 Å². The predicted molar refractivity (Wildman–Crippen MR) is 137 cm³/mol. The minimum Gasteiger partial charge on any atom is -0.388 e. The van der Waals surface area contributed by atoms with Gasteiger partial charge in [0.05, 0.1) is 21.6 Å². The molecule has 0 bridgehead atoms. The maximum Gasteiger partial charge on any atom is 0.264 e. The average Bonchev–Trinajstić information content (AvgIpc) is 3.17. The van der Waals surface area contributed by atoms with Crippen LogP contribution in [0.25, 0.3) is 11.0 Å². The number of hydrogen-bond donors (Lipinski definition) is 1. The van der Waals surface area contributed by atoms with Gasteiger partial charge in [-0.3, -0.25) is 4.31 Å². The predicted octanol–water partition coefficient (Wildman–Crippen LogP) is 5.78. The molecule has 0 unspecified atom stereocenters. The van der Waals surface area contributed by atoms with Gasteiger partial charge >= 0.3 is 0 Å². The first kappa shape index (κ1) is 23.6. The molecule has 1 N–H and O–H groups in total. The monoisotopic (exact) mass is 468 g/mol. The van der Waals surface area contributed by atoms with E-state index in [0.717, 1.165) is 29.1 Å². The highest BCUT2D eigenvalue weighted by Crippen LogP contribution is 2.33. The van der Waals surface area contributed by atoms with Crippen molar-refractivity contribution in [3.05, 3.63) is 48.3 Å². The van der Waals surface area contributed by atoms with Gasteiger partial charge in [0.25, 0.3) is 10.0 Å². The van der Waals surface area contributed by atoms with Crippen molar-refractivity contribution in [2.45, 2.75) is 69.7 Å². The van der Waals surface area contributed by atoms with E-state index in [0.29, 0.717) is 11.6 Å². The van der Waals surface area contributed by atoms with Crippen LogP contribution in [0.4, 0.5) is 11.4 Å². The number of aromatic nitrogens is 2. The molecule has 0 amide bonds. The summed E-state index contributed by atoms with van der Waals surface area (Å²) in [4.78, 5) is 5.27. The number of fused-ring (bicyclic) bond motifs is 1. The molecule has 0 spiro atoms. The van der Waals surface area contributed by atoms with E-state index < -0.39 is 10.0 Å². The molecule has 0 atom stereocenters. The van der Waals surface area contributed by atoms with Crippen molar-refractivity contribution in [3.63, 3.8) is 0 Å². The SMILES string of the molecule is CNc1ccc(S(=O)(=O)N(C)c2ccc3c(c2)nc(C(C)(C)C)n3CC2CCCCC2)cc1. The number of imidazole rings is 1. The third-order valence-electron chi connectivity index (χ3n) is 6.73. The highest BCUT2D eigenvalue weighted by molar-refractivity contribution is 7.92. The Balaban J connectivity index is 1.71. The summed E-state index contributed by atoms with van der Waals surface area (Å²) in [6, 6.07) is 12.6. The molecule has 1 aromatic heterocycles. The zero-order valence-electron chi connectivity index (χ0n) is 20.4. The third-order valence-corrected chi connectivity index (χ3v) is 8.53. The Morgan fingerprint density at radius 2 is 1.73 bits per heavy atom. The maximum absolute atomic E-state index is 13.2. The Morgan fingerprint density at radius 3 is 2.33 bits per heavy atom. The number of anilines is 2. The van der Waals surface area contributed by atoms with Crippen LogP contribution in [0.1, 0.15) is 58.7 Å². The minimum atomic E-state index is -3.67. The number of sulfonamides is 1. The Bertz CT molecular complexity index is 1220. The first-order valence-corrected chi connectivity index (χ1v) is 13.3. The standard InChI is InChI=1S/C26H36N4O2S/c1-26(2,3)25-28-23-17-21(13-16-24(23)30(25)18-19-9-7-6-8-10-19)29(5)33(31,32)22-14-11-20(27-4)12-15-22/h11-17,19,27H,6-10,18H2,1-5H3. The second kappa shape index (κ2) is 9.01. The highest BCUT2D eigenvalue weighted by Gasteiger charge is 2.27. The van der Waals surface area contributed by atoms with Crippen molar-refractivity contribution in [3.8, 4) is 0 Å². The van der Waals surface area contributed by atoms with Gasteiger partial charge in [0.15, 0.2) is 0 Å². The zero-order chi connectivity index (χ0) is 23.8. The molecular weight excluding hydrogens is 432 g/mol. The quantitative estimate of drug-likeness (QED) is 0.498. The summed E-state index contributed by atoms with van der Waals surface area (Å²) in [6.07, 6.45) is 6.51. The van der Waals surface area contributed by atoms with Gasteiger partial charge in [-0.15, -0.1) is 0 Å². The first-order valence-electron chi connectivity index (χ1n) is 11.9. The number of rotatable bonds is 6. The van der Waals surface area contributed by atoms with Crippen LogP contribution >= 0.6 is 0 Å². The Morgan fingerprint density at radius 1 is 1.06 bits per heavy atom. The molecule has 1 fully saturated rings. The average molecular weight is 469 g/mol. The van der Waals surface area contributed by atoms with Gasteiger partial charge in [-0.1, -0.05) is 40.0 Å². The van der Waals surface area contributed by atoms with Gasteiger partial charge in [0.1, 0.15) is 5.82 Å². The van der Waals surface area contributed by atoms with Crippen LogP contribution in [0, 0.1) is 5.92 Å². The number of nitrogens with one attached hydrogen (secondary N) is 1. The summed E-state index contributed by atoms with van der Waals surface area (Å²) in [7, 11) is -0.256. The molecule has 4 rings (SSSR count). The summed E-state index contributed by atoms with van der Waals surface area (Å²) in [5.74, 6) is 1.74. The van der Waals surface area contributed by atoms with Crippen molar-refractivity contribution < 1.29 is 8.42 Å². The molecule has 7 heteroatoms. The third kappa shape index (κ3) is 4.74. The van der Waals surface area contributed by atoms with Gasteiger partial charge in [0, 0.05) is 31.7 Å². The van der Waals surface area contributed by atoms with E-state index in [4.69, 9.17) is 4.98 Å². The largest absolute Gasteiger partial charge is 0.388 e. The minimum absolute atomic E-state index is 0.0963. The number of nitrogens with zero attached hydrogens (tertiary/aromatic N) is 3. The summed E-state index contributed by atoms with van der Waals surface area (Å²) >= 11 is 0. The Labute approximate surface area is 198 Å². The van der Waals surface area contributed by atoms with E-state index >= 15 is 0 Å². The fourth-order valence-corrected chi connectivity index (χ4v) is 5.98. The van der Waals surface area contributed by atoms with Crippen molar-refractivity contribution >= 4 is 32.4 Å². The lowest BCUT2D eigenvalue weighted by Gasteiger charge is -2.26. The smallest absolute Gasteiger partial charge is 0.264 e. The van der Waals surface area contributed by atoms with Crippen LogP contribution in [0.3, 0.4) is 0 Å². The van der Waals surface area contributed by atoms with E-state index in [-0.39, 0.29) is 10.3 Å². The molecule has 178 valence electrons. The fourth-order valence-electron chi connectivity index (χ4n) is 4.79. The summed E-state index contributed by atoms with van der Waals surface area (Å²) in [5, 5.41) is 3.02. The van der Waals surface area contributed by atoms with Crippen molar-refractivity contribution in [2.75, 3.05) is 23.7 Å². The van der Waals surface area contributed by atoms with Crippen LogP contribution in [0.2, 0.25) is 0 Å². The lowest BCUT2D eigenvalue weighted by molar-refractivity contribution is 0.313. The van der Waals surface area contributed by atoms with Gasteiger partial charge in [-0.2, -0.15) is 0 Å². The van der Waals surface area contributed by atoms with Crippen LogP contribution in [-0.4, -0.2) is 32.1 Å².